The molecule has 1 aliphatic rings. The van der Waals surface area contributed by atoms with Gasteiger partial charge in [-0.25, -0.2) is 5.48 Å². The Morgan fingerprint density at radius 1 is 1.67 bits per heavy atom. The van der Waals surface area contributed by atoms with Crippen molar-refractivity contribution in [2.45, 2.75) is 18.9 Å². The lowest BCUT2D eigenvalue weighted by molar-refractivity contribution is -0.0262. The van der Waals surface area contributed by atoms with Gasteiger partial charge in [0.05, 0.1) is 12.4 Å². The van der Waals surface area contributed by atoms with E-state index in [2.05, 4.69) is 10.8 Å². The molecule has 1 aromatic rings. The highest BCUT2D eigenvalue weighted by atomic mass is 16.7. The summed E-state index contributed by atoms with van der Waals surface area (Å²) in [6, 6.07) is 3.26. The summed E-state index contributed by atoms with van der Waals surface area (Å²) in [5, 5.41) is 3.19. The number of amides is 1. The second-order valence-electron chi connectivity index (χ2n) is 3.49. The van der Waals surface area contributed by atoms with Gasteiger partial charge in [0, 0.05) is 6.54 Å². The number of hydrogen-bond acceptors (Lipinski definition) is 4. The quantitative estimate of drug-likeness (QED) is 0.720. The largest absolute Gasteiger partial charge is 0.459 e. The lowest BCUT2D eigenvalue weighted by Crippen LogP contribution is -2.40. The average molecular weight is 210 g/mol. The standard InChI is InChI=1S/C10H14N2O3/c13-10(9-4-2-6-14-9)12-15-8-3-1-5-11-7-8/h2,4,6,8,11H,1,3,5,7H2,(H,12,13). The van der Waals surface area contributed by atoms with Gasteiger partial charge in [-0.3, -0.25) is 9.63 Å². The van der Waals surface area contributed by atoms with Gasteiger partial charge < -0.3 is 9.73 Å². The number of furan rings is 1. The first kappa shape index (κ1) is 10.2. The van der Waals surface area contributed by atoms with Gasteiger partial charge in [-0.1, -0.05) is 0 Å². The Hall–Kier alpha value is -1.33. The van der Waals surface area contributed by atoms with Gasteiger partial charge in [-0.2, -0.15) is 0 Å². The number of carbonyl (C=O) groups is 1. The van der Waals surface area contributed by atoms with Crippen LogP contribution < -0.4 is 10.8 Å². The number of hydroxylamine groups is 1. The number of piperidine rings is 1. The molecule has 0 aliphatic carbocycles. The van der Waals surface area contributed by atoms with Gasteiger partial charge in [0.2, 0.25) is 0 Å². The third kappa shape index (κ3) is 2.81. The fraction of sp³-hybridized carbons (Fsp3) is 0.500. The SMILES string of the molecule is O=C(NOC1CCCNC1)c1ccco1. The van der Waals surface area contributed by atoms with Crippen molar-refractivity contribution in [3.8, 4) is 0 Å². The molecule has 15 heavy (non-hydrogen) atoms. The molecule has 0 saturated carbocycles. The van der Waals surface area contributed by atoms with E-state index in [0.717, 1.165) is 25.9 Å². The predicted octanol–water partition coefficient (Wildman–Crippen LogP) is 0.693. The van der Waals surface area contributed by atoms with E-state index >= 15 is 0 Å². The molecule has 5 heteroatoms. The first-order chi connectivity index (χ1) is 7.36. The topological polar surface area (TPSA) is 63.5 Å². The van der Waals surface area contributed by atoms with Gasteiger partial charge >= 0.3 is 5.91 Å². The first-order valence-electron chi connectivity index (χ1n) is 5.06. The molecule has 2 rings (SSSR count). The summed E-state index contributed by atoms with van der Waals surface area (Å²) >= 11 is 0. The van der Waals surface area contributed by atoms with Crippen LogP contribution in [0.15, 0.2) is 22.8 Å². The fourth-order valence-corrected chi connectivity index (χ4v) is 1.52. The average Bonchev–Trinajstić information content (AvgIpc) is 2.81. The second-order valence-corrected chi connectivity index (χ2v) is 3.49. The number of nitrogens with one attached hydrogen (secondary N) is 2. The minimum atomic E-state index is -0.342. The third-order valence-corrected chi connectivity index (χ3v) is 2.31. The lowest BCUT2D eigenvalue weighted by Gasteiger charge is -2.22. The molecule has 2 heterocycles. The minimum Gasteiger partial charge on any atom is -0.459 e. The highest BCUT2D eigenvalue weighted by Crippen LogP contribution is 2.05. The number of hydrogen-bond donors (Lipinski definition) is 2. The Morgan fingerprint density at radius 2 is 2.60 bits per heavy atom. The van der Waals surface area contributed by atoms with E-state index in [1.165, 1.54) is 6.26 Å². The summed E-state index contributed by atoms with van der Waals surface area (Å²) in [6.07, 6.45) is 3.54. The number of rotatable bonds is 3. The van der Waals surface area contributed by atoms with Gasteiger partial charge in [0.1, 0.15) is 0 Å². The van der Waals surface area contributed by atoms with Crippen LogP contribution in [0.5, 0.6) is 0 Å². The van der Waals surface area contributed by atoms with E-state index in [4.69, 9.17) is 9.25 Å². The second kappa shape index (κ2) is 4.95. The van der Waals surface area contributed by atoms with Crippen LogP contribution in [-0.2, 0) is 4.84 Å². The molecule has 1 unspecified atom stereocenters. The van der Waals surface area contributed by atoms with Crippen LogP contribution in [0.4, 0.5) is 0 Å². The van der Waals surface area contributed by atoms with E-state index < -0.39 is 0 Å². The Bertz CT molecular complexity index is 304. The Morgan fingerprint density at radius 3 is 3.27 bits per heavy atom. The molecule has 0 aromatic carbocycles. The van der Waals surface area contributed by atoms with Crippen molar-refractivity contribution in [2.24, 2.45) is 0 Å². The van der Waals surface area contributed by atoms with Crippen LogP contribution in [0.25, 0.3) is 0 Å². The smallest absolute Gasteiger partial charge is 0.310 e. The molecule has 5 nitrogen and oxygen atoms in total. The summed E-state index contributed by atoms with van der Waals surface area (Å²) in [7, 11) is 0. The molecule has 1 aromatic heterocycles. The lowest BCUT2D eigenvalue weighted by atomic mass is 10.1. The van der Waals surface area contributed by atoms with Gasteiger partial charge in [-0.05, 0) is 31.5 Å². The summed E-state index contributed by atoms with van der Waals surface area (Å²) in [5.41, 5.74) is 2.38. The Balaban J connectivity index is 1.75. The van der Waals surface area contributed by atoms with Crippen LogP contribution in [0.2, 0.25) is 0 Å². The molecule has 1 fully saturated rings. The fourth-order valence-electron chi connectivity index (χ4n) is 1.52. The third-order valence-electron chi connectivity index (χ3n) is 2.31. The molecule has 1 amide bonds. The zero-order valence-electron chi connectivity index (χ0n) is 8.36. The first-order valence-corrected chi connectivity index (χ1v) is 5.06. The highest BCUT2D eigenvalue weighted by Gasteiger charge is 2.16. The normalized spacial score (nSPS) is 21.2. The maximum absolute atomic E-state index is 11.4. The van der Waals surface area contributed by atoms with Crippen molar-refractivity contribution in [1.29, 1.82) is 0 Å². The van der Waals surface area contributed by atoms with E-state index in [0.29, 0.717) is 0 Å². The Kier molecular flexibility index (Phi) is 3.37. The molecule has 0 radical (unpaired) electrons. The van der Waals surface area contributed by atoms with Crippen molar-refractivity contribution >= 4 is 5.91 Å². The molecule has 2 N–H and O–H groups in total. The zero-order chi connectivity index (χ0) is 10.5. The summed E-state index contributed by atoms with van der Waals surface area (Å²) < 4.78 is 4.93. The van der Waals surface area contributed by atoms with Crippen LogP contribution >= 0.6 is 0 Å². The molecule has 1 atom stereocenters. The van der Waals surface area contributed by atoms with Crippen molar-refractivity contribution in [1.82, 2.24) is 10.8 Å². The minimum absolute atomic E-state index is 0.0534. The van der Waals surface area contributed by atoms with Gasteiger partial charge in [0.25, 0.3) is 0 Å². The van der Waals surface area contributed by atoms with Gasteiger partial charge in [-0.15, -0.1) is 0 Å². The maximum Gasteiger partial charge on any atom is 0.310 e. The van der Waals surface area contributed by atoms with Crippen molar-refractivity contribution in [2.75, 3.05) is 13.1 Å². The zero-order valence-corrected chi connectivity index (χ0v) is 8.36. The molecular weight excluding hydrogens is 196 g/mol. The Labute approximate surface area is 87.7 Å². The van der Waals surface area contributed by atoms with Crippen LogP contribution in [0.1, 0.15) is 23.4 Å². The maximum atomic E-state index is 11.4. The van der Waals surface area contributed by atoms with E-state index in [1.54, 1.807) is 12.1 Å². The summed E-state index contributed by atoms with van der Waals surface area (Å²) in [4.78, 5) is 16.6. The number of carbonyl (C=O) groups excluding carboxylic acids is 1. The van der Waals surface area contributed by atoms with E-state index in [1.807, 2.05) is 0 Å². The summed E-state index contributed by atoms with van der Waals surface area (Å²) in [6.45, 7) is 1.80. The molecule has 82 valence electrons. The molecule has 1 saturated heterocycles. The van der Waals surface area contributed by atoms with E-state index in [-0.39, 0.29) is 17.8 Å². The van der Waals surface area contributed by atoms with Crippen LogP contribution in [0, 0.1) is 0 Å². The van der Waals surface area contributed by atoms with Crippen LogP contribution in [-0.4, -0.2) is 25.1 Å². The van der Waals surface area contributed by atoms with Crippen LogP contribution in [0.3, 0.4) is 0 Å². The molecule has 1 aliphatic heterocycles. The van der Waals surface area contributed by atoms with Crippen molar-refractivity contribution in [3.63, 3.8) is 0 Å². The van der Waals surface area contributed by atoms with Gasteiger partial charge in [0.15, 0.2) is 5.76 Å². The molecule has 0 spiro atoms. The molecule has 0 bridgehead atoms. The van der Waals surface area contributed by atoms with Crippen molar-refractivity contribution < 1.29 is 14.0 Å². The monoisotopic (exact) mass is 210 g/mol. The molecular formula is C10H14N2O3. The van der Waals surface area contributed by atoms with Crippen molar-refractivity contribution in [3.05, 3.63) is 24.2 Å². The van der Waals surface area contributed by atoms with E-state index in [9.17, 15) is 4.79 Å². The highest BCUT2D eigenvalue weighted by molar-refractivity contribution is 5.90. The summed E-state index contributed by atoms with van der Waals surface area (Å²) in [5.74, 6) is -0.0793. The predicted molar refractivity (Wildman–Crippen MR) is 53.2 cm³/mol.